The zero-order valence-corrected chi connectivity index (χ0v) is 13.4. The van der Waals surface area contributed by atoms with Crippen LogP contribution in [0.25, 0.3) is 11.2 Å². The molecule has 3 rings (SSSR count). The first kappa shape index (κ1) is 13.6. The molecule has 3 heterocycles. The molecule has 3 aromatic heterocycles. The van der Waals surface area contributed by atoms with Gasteiger partial charge in [-0.1, -0.05) is 0 Å². The van der Waals surface area contributed by atoms with Crippen LogP contribution in [-0.4, -0.2) is 19.3 Å². The van der Waals surface area contributed by atoms with Gasteiger partial charge in [-0.15, -0.1) is 11.6 Å². The fourth-order valence-electron chi connectivity index (χ4n) is 2.49. The lowest BCUT2D eigenvalue weighted by Gasteiger charge is -2.10. The zero-order valence-electron chi connectivity index (χ0n) is 11.8. The summed E-state index contributed by atoms with van der Waals surface area (Å²) in [5, 5.41) is 8.69. The Hall–Kier alpha value is -1.33. The molecule has 3 aromatic rings. The standard InChI is InChI=1S/C14H17ClN4S/c1-4-19-14-12(10(3)17-19)16-13(9(2)15)18(14)7-11-5-6-20-8-11/h5-6,8-9H,4,7H2,1-3H3. The first-order valence-corrected chi connectivity index (χ1v) is 8.08. The molecule has 106 valence electrons. The van der Waals surface area contributed by atoms with Crippen LogP contribution < -0.4 is 0 Å². The summed E-state index contributed by atoms with van der Waals surface area (Å²) >= 11 is 8.02. The van der Waals surface area contributed by atoms with E-state index in [4.69, 9.17) is 16.6 Å². The van der Waals surface area contributed by atoms with Crippen LogP contribution in [-0.2, 0) is 13.1 Å². The molecule has 0 fully saturated rings. The van der Waals surface area contributed by atoms with Crippen LogP contribution in [0.3, 0.4) is 0 Å². The van der Waals surface area contributed by atoms with Gasteiger partial charge in [0, 0.05) is 6.54 Å². The Morgan fingerprint density at radius 2 is 2.25 bits per heavy atom. The highest BCUT2D eigenvalue weighted by molar-refractivity contribution is 7.07. The maximum atomic E-state index is 6.31. The topological polar surface area (TPSA) is 35.6 Å². The molecule has 0 N–H and O–H groups in total. The quantitative estimate of drug-likeness (QED) is 0.684. The Morgan fingerprint density at radius 1 is 1.45 bits per heavy atom. The van der Waals surface area contributed by atoms with Crippen LogP contribution in [0.1, 0.15) is 36.3 Å². The van der Waals surface area contributed by atoms with Crippen LogP contribution in [0.2, 0.25) is 0 Å². The van der Waals surface area contributed by atoms with E-state index in [2.05, 4.69) is 33.4 Å². The number of hydrogen-bond donors (Lipinski definition) is 0. The third-order valence-electron chi connectivity index (χ3n) is 3.40. The minimum atomic E-state index is -0.120. The fraction of sp³-hybridized carbons (Fsp3) is 0.429. The third-order valence-corrected chi connectivity index (χ3v) is 4.33. The molecule has 0 saturated carbocycles. The number of fused-ring (bicyclic) bond motifs is 1. The Labute approximate surface area is 127 Å². The second kappa shape index (κ2) is 5.22. The number of hydrogen-bond acceptors (Lipinski definition) is 3. The van der Waals surface area contributed by atoms with E-state index in [-0.39, 0.29) is 5.38 Å². The number of thiophene rings is 1. The molecule has 1 unspecified atom stereocenters. The minimum absolute atomic E-state index is 0.120. The van der Waals surface area contributed by atoms with E-state index in [0.29, 0.717) is 0 Å². The summed E-state index contributed by atoms with van der Waals surface area (Å²) in [5.41, 5.74) is 4.27. The fourth-order valence-corrected chi connectivity index (χ4v) is 3.31. The summed E-state index contributed by atoms with van der Waals surface area (Å²) in [7, 11) is 0. The van der Waals surface area contributed by atoms with Gasteiger partial charge in [-0.25, -0.2) is 9.67 Å². The van der Waals surface area contributed by atoms with Crippen LogP contribution in [0.5, 0.6) is 0 Å². The van der Waals surface area contributed by atoms with Gasteiger partial charge in [-0.3, -0.25) is 0 Å². The van der Waals surface area contributed by atoms with Crippen molar-refractivity contribution in [2.45, 2.75) is 39.2 Å². The number of aromatic nitrogens is 4. The number of nitrogens with zero attached hydrogens (tertiary/aromatic N) is 4. The molecular formula is C14H17ClN4S. The second-order valence-electron chi connectivity index (χ2n) is 4.88. The van der Waals surface area contributed by atoms with E-state index in [1.165, 1.54) is 5.56 Å². The second-order valence-corrected chi connectivity index (χ2v) is 6.31. The van der Waals surface area contributed by atoms with Gasteiger partial charge < -0.3 is 4.57 Å². The van der Waals surface area contributed by atoms with E-state index in [9.17, 15) is 0 Å². The molecule has 0 bridgehead atoms. The van der Waals surface area contributed by atoms with E-state index in [1.54, 1.807) is 11.3 Å². The van der Waals surface area contributed by atoms with Gasteiger partial charge in [-0.05, 0) is 43.2 Å². The SMILES string of the molecule is CCn1nc(C)c2nc(C(C)Cl)n(Cc3ccsc3)c21. The van der Waals surface area contributed by atoms with Crippen molar-refractivity contribution in [3.05, 3.63) is 33.9 Å². The van der Waals surface area contributed by atoms with Crippen molar-refractivity contribution in [2.75, 3.05) is 0 Å². The van der Waals surface area contributed by atoms with Gasteiger partial charge in [0.1, 0.15) is 11.3 Å². The van der Waals surface area contributed by atoms with Crippen molar-refractivity contribution < 1.29 is 0 Å². The van der Waals surface area contributed by atoms with Gasteiger partial charge >= 0.3 is 0 Å². The van der Waals surface area contributed by atoms with E-state index < -0.39 is 0 Å². The van der Waals surface area contributed by atoms with Crippen molar-refractivity contribution >= 4 is 34.1 Å². The van der Waals surface area contributed by atoms with Crippen LogP contribution >= 0.6 is 22.9 Å². The normalized spacial score (nSPS) is 13.2. The Morgan fingerprint density at radius 3 is 2.85 bits per heavy atom. The average Bonchev–Trinajstić information content (AvgIpc) is 3.09. The summed E-state index contributed by atoms with van der Waals surface area (Å²) in [6.45, 7) is 7.68. The number of halogens is 1. The van der Waals surface area contributed by atoms with Gasteiger partial charge in [0.25, 0.3) is 0 Å². The van der Waals surface area contributed by atoms with Gasteiger partial charge in [-0.2, -0.15) is 16.4 Å². The molecule has 0 amide bonds. The third kappa shape index (κ3) is 2.15. The summed E-state index contributed by atoms with van der Waals surface area (Å²) in [4.78, 5) is 4.71. The predicted octanol–water partition coefficient (Wildman–Crippen LogP) is 3.97. The van der Waals surface area contributed by atoms with E-state index in [1.807, 2.05) is 18.5 Å². The van der Waals surface area contributed by atoms with Gasteiger partial charge in [0.15, 0.2) is 5.65 Å². The minimum Gasteiger partial charge on any atom is -0.307 e. The Balaban J connectivity index is 2.22. The molecule has 0 spiro atoms. The van der Waals surface area contributed by atoms with Crippen LogP contribution in [0, 0.1) is 6.92 Å². The number of rotatable bonds is 4. The number of imidazole rings is 1. The molecule has 1 atom stereocenters. The largest absolute Gasteiger partial charge is 0.307 e. The van der Waals surface area contributed by atoms with Crippen molar-refractivity contribution in [3.63, 3.8) is 0 Å². The Bertz CT molecular complexity index is 724. The summed E-state index contributed by atoms with van der Waals surface area (Å²) in [6, 6.07) is 2.14. The van der Waals surface area contributed by atoms with Crippen molar-refractivity contribution in [3.8, 4) is 0 Å². The van der Waals surface area contributed by atoms with Gasteiger partial charge in [0.2, 0.25) is 0 Å². The molecule has 0 radical (unpaired) electrons. The molecule has 0 aliphatic heterocycles. The summed E-state index contributed by atoms with van der Waals surface area (Å²) in [6.07, 6.45) is 0. The molecule has 0 aromatic carbocycles. The molecule has 20 heavy (non-hydrogen) atoms. The smallest absolute Gasteiger partial charge is 0.159 e. The van der Waals surface area contributed by atoms with Crippen molar-refractivity contribution in [2.24, 2.45) is 0 Å². The highest BCUT2D eigenvalue weighted by Gasteiger charge is 2.20. The lowest BCUT2D eigenvalue weighted by molar-refractivity contribution is 0.633. The van der Waals surface area contributed by atoms with E-state index >= 15 is 0 Å². The summed E-state index contributed by atoms with van der Waals surface area (Å²) < 4.78 is 4.20. The lowest BCUT2D eigenvalue weighted by Crippen LogP contribution is -2.09. The molecule has 4 nitrogen and oxygen atoms in total. The zero-order chi connectivity index (χ0) is 14.3. The maximum Gasteiger partial charge on any atom is 0.159 e. The molecule has 0 aliphatic rings. The van der Waals surface area contributed by atoms with Crippen LogP contribution in [0.15, 0.2) is 16.8 Å². The number of aryl methyl sites for hydroxylation is 2. The predicted molar refractivity (Wildman–Crippen MR) is 83.6 cm³/mol. The number of alkyl halides is 1. The van der Waals surface area contributed by atoms with Crippen molar-refractivity contribution in [1.82, 2.24) is 19.3 Å². The van der Waals surface area contributed by atoms with E-state index in [0.717, 1.165) is 35.8 Å². The first-order chi connectivity index (χ1) is 9.61. The molecular weight excluding hydrogens is 292 g/mol. The average molecular weight is 309 g/mol. The Kier molecular flexibility index (Phi) is 3.56. The summed E-state index contributed by atoms with van der Waals surface area (Å²) in [5.74, 6) is 0.913. The highest BCUT2D eigenvalue weighted by atomic mass is 35.5. The molecule has 0 saturated heterocycles. The van der Waals surface area contributed by atoms with Gasteiger partial charge in [0.05, 0.1) is 17.6 Å². The first-order valence-electron chi connectivity index (χ1n) is 6.70. The van der Waals surface area contributed by atoms with Crippen molar-refractivity contribution in [1.29, 1.82) is 0 Å². The molecule has 0 aliphatic carbocycles. The highest BCUT2D eigenvalue weighted by Crippen LogP contribution is 2.27. The lowest BCUT2D eigenvalue weighted by atomic mass is 10.3. The maximum absolute atomic E-state index is 6.31. The molecule has 6 heteroatoms. The van der Waals surface area contributed by atoms with Crippen LogP contribution in [0.4, 0.5) is 0 Å². The monoisotopic (exact) mass is 308 g/mol.